The average molecular weight is 471 g/mol. The Morgan fingerprint density at radius 1 is 1.18 bits per heavy atom. The highest BCUT2D eigenvalue weighted by atomic mass is 35.5. The van der Waals surface area contributed by atoms with Gasteiger partial charge >= 0.3 is 0 Å². The largest absolute Gasteiger partial charge is 0.351 e. The fourth-order valence-electron chi connectivity index (χ4n) is 4.93. The molecule has 4 rings (SSSR count). The van der Waals surface area contributed by atoms with E-state index in [9.17, 15) is 9.59 Å². The molecule has 0 unspecified atom stereocenters. The van der Waals surface area contributed by atoms with E-state index in [2.05, 4.69) is 26.1 Å². The normalized spacial score (nSPS) is 22.1. The highest BCUT2D eigenvalue weighted by Gasteiger charge is 2.50. The summed E-state index contributed by atoms with van der Waals surface area (Å²) in [5, 5.41) is 8.60. The van der Waals surface area contributed by atoms with Crippen molar-refractivity contribution in [2.45, 2.75) is 96.7 Å². The molecule has 0 radical (unpaired) electrons. The summed E-state index contributed by atoms with van der Waals surface area (Å²) in [5.41, 5.74) is 1.44. The molecule has 1 saturated carbocycles. The first-order valence-electron chi connectivity index (χ1n) is 12.0. The van der Waals surface area contributed by atoms with Crippen molar-refractivity contribution in [3.63, 3.8) is 0 Å². The molecule has 0 spiro atoms. The molecule has 33 heavy (non-hydrogen) atoms. The predicted molar refractivity (Wildman–Crippen MR) is 132 cm³/mol. The summed E-state index contributed by atoms with van der Waals surface area (Å²) in [7, 11) is 0. The van der Waals surface area contributed by atoms with E-state index in [1.807, 2.05) is 32.0 Å². The van der Waals surface area contributed by atoms with Crippen molar-refractivity contribution >= 4 is 29.1 Å². The van der Waals surface area contributed by atoms with Gasteiger partial charge in [0.1, 0.15) is 11.2 Å². The number of nitrogens with one attached hydrogen (secondary N) is 1. The Labute approximate surface area is 201 Å². The third-order valence-electron chi connectivity index (χ3n) is 7.08. The lowest BCUT2D eigenvalue weighted by molar-refractivity contribution is -0.127. The van der Waals surface area contributed by atoms with E-state index in [0.29, 0.717) is 16.4 Å². The maximum atomic E-state index is 13.9. The molecule has 1 fully saturated rings. The number of aromatic nitrogens is 2. The summed E-state index contributed by atoms with van der Waals surface area (Å²) >= 11 is 6.44. The molecule has 2 amide bonds. The van der Waals surface area contributed by atoms with Gasteiger partial charge in [-0.15, -0.1) is 0 Å². The molecule has 7 heteroatoms. The number of carbonyl (C=O) groups excluding carboxylic acids is 2. The van der Waals surface area contributed by atoms with Crippen LogP contribution >= 0.6 is 11.6 Å². The number of rotatable bonds is 3. The van der Waals surface area contributed by atoms with Gasteiger partial charge in [0.05, 0.1) is 12.2 Å². The first kappa shape index (κ1) is 23.8. The maximum absolute atomic E-state index is 13.9. The van der Waals surface area contributed by atoms with Gasteiger partial charge in [-0.25, -0.2) is 0 Å². The van der Waals surface area contributed by atoms with Crippen LogP contribution in [0.15, 0.2) is 24.3 Å². The summed E-state index contributed by atoms with van der Waals surface area (Å²) in [6.45, 7) is 10.2. The highest BCUT2D eigenvalue weighted by Crippen LogP contribution is 2.38. The fraction of sp³-hybridized carbons (Fsp3) is 0.577. The van der Waals surface area contributed by atoms with Gasteiger partial charge < -0.3 is 5.32 Å². The van der Waals surface area contributed by atoms with Crippen LogP contribution in [0.4, 0.5) is 5.69 Å². The van der Waals surface area contributed by atoms with Crippen molar-refractivity contribution in [1.29, 1.82) is 0 Å². The molecule has 0 saturated heterocycles. The third-order valence-corrected chi connectivity index (χ3v) is 7.49. The van der Waals surface area contributed by atoms with Crippen LogP contribution in [-0.4, -0.2) is 33.2 Å². The number of fused-ring (bicyclic) bond motifs is 1. The van der Waals surface area contributed by atoms with E-state index in [1.54, 1.807) is 15.6 Å². The van der Waals surface area contributed by atoms with Gasteiger partial charge in [0.25, 0.3) is 5.91 Å². The van der Waals surface area contributed by atoms with Gasteiger partial charge in [-0.2, -0.15) is 5.10 Å². The zero-order valence-corrected chi connectivity index (χ0v) is 21.1. The van der Waals surface area contributed by atoms with E-state index in [-0.39, 0.29) is 29.8 Å². The van der Waals surface area contributed by atoms with Gasteiger partial charge in [0.15, 0.2) is 0 Å². The number of nitrogens with zero attached hydrogens (tertiary/aromatic N) is 3. The van der Waals surface area contributed by atoms with Crippen molar-refractivity contribution in [2.24, 2.45) is 0 Å². The number of carbonyl (C=O) groups is 2. The van der Waals surface area contributed by atoms with Gasteiger partial charge in [-0.3, -0.25) is 19.2 Å². The second kappa shape index (κ2) is 8.79. The zero-order valence-electron chi connectivity index (χ0n) is 20.4. The van der Waals surface area contributed by atoms with Gasteiger partial charge in [0, 0.05) is 22.2 Å². The summed E-state index contributed by atoms with van der Waals surface area (Å²) in [6.07, 6.45) is 6.62. The van der Waals surface area contributed by atoms with Crippen LogP contribution < -0.4 is 10.2 Å². The number of amides is 2. The molecule has 1 N–H and O–H groups in total. The van der Waals surface area contributed by atoms with E-state index < -0.39 is 5.54 Å². The molecule has 2 heterocycles. The van der Waals surface area contributed by atoms with Gasteiger partial charge in [0.2, 0.25) is 5.91 Å². The summed E-state index contributed by atoms with van der Waals surface area (Å²) in [4.78, 5) is 29.4. The van der Waals surface area contributed by atoms with Crippen molar-refractivity contribution in [1.82, 2.24) is 15.1 Å². The summed E-state index contributed by atoms with van der Waals surface area (Å²) in [5.74, 6) is -0.367. The lowest BCUT2D eigenvalue weighted by atomic mass is 9.91. The molecule has 1 aromatic heterocycles. The van der Waals surface area contributed by atoms with E-state index in [1.165, 1.54) is 12.8 Å². The number of hydrogen-bond acceptors (Lipinski definition) is 3. The third kappa shape index (κ3) is 4.42. The van der Waals surface area contributed by atoms with Crippen LogP contribution in [0, 0.1) is 6.92 Å². The molecule has 1 atom stereocenters. The van der Waals surface area contributed by atoms with Crippen LogP contribution in [0.2, 0.25) is 5.02 Å². The smallest absolute Gasteiger partial charge is 0.277 e. The van der Waals surface area contributed by atoms with Crippen molar-refractivity contribution < 1.29 is 9.59 Å². The second-order valence-electron chi connectivity index (χ2n) is 10.8. The summed E-state index contributed by atoms with van der Waals surface area (Å²) in [6, 6.07) is 7.50. The minimum Gasteiger partial charge on any atom is -0.351 e. The van der Waals surface area contributed by atoms with Crippen LogP contribution in [0.1, 0.15) is 88.0 Å². The van der Waals surface area contributed by atoms with Crippen molar-refractivity contribution in [2.75, 3.05) is 4.90 Å². The van der Waals surface area contributed by atoms with E-state index in [0.717, 1.165) is 36.9 Å². The number of hydrogen-bond donors (Lipinski definition) is 1. The Hall–Kier alpha value is -2.34. The quantitative estimate of drug-likeness (QED) is 0.610. The zero-order chi connectivity index (χ0) is 24.0. The molecule has 6 nitrogen and oxygen atoms in total. The Morgan fingerprint density at radius 3 is 2.48 bits per heavy atom. The molecule has 0 bridgehead atoms. The Kier molecular flexibility index (Phi) is 6.34. The minimum absolute atomic E-state index is 0.137. The topological polar surface area (TPSA) is 67.2 Å². The van der Waals surface area contributed by atoms with Crippen molar-refractivity contribution in [3.05, 3.63) is 46.2 Å². The van der Waals surface area contributed by atoms with Gasteiger partial charge in [-0.1, -0.05) is 64.1 Å². The Morgan fingerprint density at radius 2 is 1.85 bits per heavy atom. The lowest BCUT2D eigenvalue weighted by Crippen LogP contribution is -2.65. The van der Waals surface area contributed by atoms with Crippen LogP contribution in [0.3, 0.4) is 0 Å². The molecule has 1 aromatic carbocycles. The fourth-order valence-corrected chi connectivity index (χ4v) is 5.10. The first-order valence-corrected chi connectivity index (χ1v) is 12.4. The SMILES string of the molecule is Cc1c(Cl)cccc1N1C(=O)c2cc(C(C)(C)C)nn2C[C@]1(C)C(=O)NC1CCCCCC1. The van der Waals surface area contributed by atoms with Crippen LogP contribution in [0.25, 0.3) is 0 Å². The molecule has 178 valence electrons. The molecule has 1 aliphatic carbocycles. The first-order chi connectivity index (χ1) is 15.5. The molecular formula is C26H35ClN4O2. The van der Waals surface area contributed by atoms with Gasteiger partial charge in [-0.05, 0) is 50.5 Å². The molecule has 2 aromatic rings. The molecule has 1 aliphatic heterocycles. The highest BCUT2D eigenvalue weighted by molar-refractivity contribution is 6.32. The maximum Gasteiger partial charge on any atom is 0.277 e. The summed E-state index contributed by atoms with van der Waals surface area (Å²) < 4.78 is 1.71. The molecule has 2 aliphatic rings. The van der Waals surface area contributed by atoms with E-state index >= 15 is 0 Å². The average Bonchev–Trinajstić information content (AvgIpc) is 3.01. The van der Waals surface area contributed by atoms with Crippen LogP contribution in [0.5, 0.6) is 0 Å². The lowest BCUT2D eigenvalue weighted by Gasteiger charge is -2.44. The predicted octanol–water partition coefficient (Wildman–Crippen LogP) is 5.40. The van der Waals surface area contributed by atoms with Crippen molar-refractivity contribution in [3.8, 4) is 0 Å². The monoisotopic (exact) mass is 470 g/mol. The Bertz CT molecular complexity index is 1060. The second-order valence-corrected chi connectivity index (χ2v) is 11.2. The van der Waals surface area contributed by atoms with Crippen LogP contribution in [-0.2, 0) is 16.8 Å². The molecular weight excluding hydrogens is 436 g/mol. The number of halogens is 1. The Balaban J connectivity index is 1.79. The number of anilines is 1. The minimum atomic E-state index is -1.13. The van der Waals surface area contributed by atoms with E-state index in [4.69, 9.17) is 16.7 Å². The standard InChI is InChI=1S/C26H35ClN4O2/c1-17-19(27)13-10-14-20(17)31-23(32)21-15-22(25(2,3)4)29-30(21)16-26(31,5)24(33)28-18-11-8-6-7-9-12-18/h10,13-15,18H,6-9,11-12,16H2,1-5H3,(H,28,33)/t26-/m1/s1. The number of benzene rings is 1.